The van der Waals surface area contributed by atoms with Crippen molar-refractivity contribution >= 4 is 12.0 Å². The number of carbonyl (C=O) groups excluding carboxylic acids is 1. The molecule has 0 N–H and O–H groups in total. The zero-order valence-electron chi connectivity index (χ0n) is 10.7. The molecule has 0 aromatic heterocycles. The van der Waals surface area contributed by atoms with Crippen molar-refractivity contribution in [3.8, 4) is 0 Å². The Labute approximate surface area is 109 Å². The van der Waals surface area contributed by atoms with Crippen molar-refractivity contribution in [2.45, 2.75) is 12.2 Å². The lowest BCUT2D eigenvalue weighted by Crippen LogP contribution is -2.27. The lowest BCUT2D eigenvalue weighted by Gasteiger charge is -2.19. The molecule has 1 saturated heterocycles. The predicted octanol–water partition coefficient (Wildman–Crippen LogP) is 1.63. The first-order chi connectivity index (χ1) is 9.10. The van der Waals surface area contributed by atoms with Gasteiger partial charge in [0.2, 0.25) is 0 Å². The van der Waals surface area contributed by atoms with Gasteiger partial charge >= 0.3 is 0 Å². The molecule has 0 aliphatic carbocycles. The number of ether oxygens (including phenoxy) is 2. The molecule has 0 amide bonds. The fourth-order valence-electron chi connectivity index (χ4n) is 2.33. The number of rotatable bonds is 4. The van der Waals surface area contributed by atoms with Crippen LogP contribution in [0.4, 0.5) is 14.5 Å². The van der Waals surface area contributed by atoms with Gasteiger partial charge < -0.3 is 14.4 Å². The van der Waals surface area contributed by atoms with E-state index in [1.165, 1.54) is 19.1 Å². The standard InChI is InChI=1S/C13H15F2NO3/c1-18-11-5-16(6-12(11)19-2)13-9(14)3-8(7-17)4-10(13)15/h3-4,7,11-12H,5-6H2,1-2H3. The van der Waals surface area contributed by atoms with Gasteiger partial charge in [-0.3, -0.25) is 4.79 Å². The SMILES string of the molecule is COC1CN(c2c(F)cc(C=O)cc2F)CC1OC. The van der Waals surface area contributed by atoms with E-state index in [1.807, 2.05) is 0 Å². The van der Waals surface area contributed by atoms with Crippen LogP contribution in [0.5, 0.6) is 0 Å². The van der Waals surface area contributed by atoms with E-state index < -0.39 is 11.6 Å². The van der Waals surface area contributed by atoms with Gasteiger partial charge in [0.15, 0.2) is 0 Å². The summed E-state index contributed by atoms with van der Waals surface area (Å²) in [4.78, 5) is 12.1. The van der Waals surface area contributed by atoms with Crippen LogP contribution in [-0.4, -0.2) is 45.8 Å². The fraction of sp³-hybridized carbons (Fsp3) is 0.462. The maximum atomic E-state index is 13.9. The quantitative estimate of drug-likeness (QED) is 0.780. The van der Waals surface area contributed by atoms with Crippen LogP contribution >= 0.6 is 0 Å². The van der Waals surface area contributed by atoms with Gasteiger partial charge in [0.05, 0.1) is 0 Å². The van der Waals surface area contributed by atoms with E-state index in [-0.39, 0.29) is 23.5 Å². The summed E-state index contributed by atoms with van der Waals surface area (Å²) in [6, 6.07) is 2.04. The molecule has 104 valence electrons. The van der Waals surface area contributed by atoms with Crippen LogP contribution < -0.4 is 4.90 Å². The molecular formula is C13H15F2NO3. The van der Waals surface area contributed by atoms with Crippen molar-refractivity contribution in [1.82, 2.24) is 0 Å². The van der Waals surface area contributed by atoms with Gasteiger partial charge in [-0.15, -0.1) is 0 Å². The van der Waals surface area contributed by atoms with E-state index in [0.717, 1.165) is 12.1 Å². The van der Waals surface area contributed by atoms with Crippen LogP contribution in [0.15, 0.2) is 12.1 Å². The number of hydrogen-bond acceptors (Lipinski definition) is 4. The van der Waals surface area contributed by atoms with Gasteiger partial charge in [-0.2, -0.15) is 0 Å². The monoisotopic (exact) mass is 271 g/mol. The van der Waals surface area contributed by atoms with Crippen molar-refractivity contribution in [3.63, 3.8) is 0 Å². The number of anilines is 1. The van der Waals surface area contributed by atoms with Gasteiger partial charge in [-0.25, -0.2) is 8.78 Å². The molecule has 6 heteroatoms. The Balaban J connectivity index is 2.31. The first kappa shape index (κ1) is 13.9. The van der Waals surface area contributed by atoms with Crippen LogP contribution in [0.3, 0.4) is 0 Å². The summed E-state index contributed by atoms with van der Waals surface area (Å²) >= 11 is 0. The van der Waals surface area contributed by atoms with Crippen LogP contribution in [0.25, 0.3) is 0 Å². The number of carbonyl (C=O) groups is 1. The highest BCUT2D eigenvalue weighted by atomic mass is 19.1. The third kappa shape index (κ3) is 2.59. The van der Waals surface area contributed by atoms with Gasteiger partial charge in [0, 0.05) is 32.9 Å². The van der Waals surface area contributed by atoms with Crippen molar-refractivity contribution in [1.29, 1.82) is 0 Å². The molecular weight excluding hydrogens is 256 g/mol. The molecule has 2 rings (SSSR count). The Kier molecular flexibility index (Phi) is 4.11. The number of aldehydes is 1. The second kappa shape index (κ2) is 5.63. The van der Waals surface area contributed by atoms with Gasteiger partial charge in [-0.05, 0) is 12.1 Å². The Hall–Kier alpha value is -1.53. The molecule has 1 aliphatic heterocycles. The minimum Gasteiger partial charge on any atom is -0.377 e. The molecule has 1 aromatic carbocycles. The number of nitrogens with zero attached hydrogens (tertiary/aromatic N) is 1. The van der Waals surface area contributed by atoms with Crippen LogP contribution in [0.2, 0.25) is 0 Å². The van der Waals surface area contributed by atoms with Crippen molar-refractivity contribution in [2.24, 2.45) is 0 Å². The second-order valence-corrected chi connectivity index (χ2v) is 4.40. The summed E-state index contributed by atoms with van der Waals surface area (Å²) in [5.74, 6) is -1.51. The average Bonchev–Trinajstić information content (AvgIpc) is 2.80. The third-order valence-electron chi connectivity index (χ3n) is 3.31. The fourth-order valence-corrected chi connectivity index (χ4v) is 2.33. The van der Waals surface area contributed by atoms with Crippen molar-refractivity contribution in [3.05, 3.63) is 29.3 Å². The maximum Gasteiger partial charge on any atom is 0.150 e. The summed E-state index contributed by atoms with van der Waals surface area (Å²) in [5.41, 5.74) is -0.170. The van der Waals surface area contributed by atoms with Crippen molar-refractivity contribution in [2.75, 3.05) is 32.2 Å². The number of halogens is 2. The van der Waals surface area contributed by atoms with Gasteiger partial charge in [0.1, 0.15) is 35.8 Å². The summed E-state index contributed by atoms with van der Waals surface area (Å²) < 4.78 is 38.2. The molecule has 0 saturated carbocycles. The Bertz CT molecular complexity index is 446. The molecule has 1 heterocycles. The summed E-state index contributed by atoms with van der Waals surface area (Å²) in [6.07, 6.45) is -0.0698. The lowest BCUT2D eigenvalue weighted by molar-refractivity contribution is -0.00461. The maximum absolute atomic E-state index is 13.9. The van der Waals surface area contributed by atoms with Crippen LogP contribution in [-0.2, 0) is 9.47 Å². The van der Waals surface area contributed by atoms with Gasteiger partial charge in [-0.1, -0.05) is 0 Å². The Morgan fingerprint density at radius 2 is 1.63 bits per heavy atom. The Morgan fingerprint density at radius 1 is 1.16 bits per heavy atom. The third-order valence-corrected chi connectivity index (χ3v) is 3.31. The normalized spacial score (nSPS) is 22.8. The highest BCUT2D eigenvalue weighted by Gasteiger charge is 2.35. The van der Waals surface area contributed by atoms with Gasteiger partial charge in [0.25, 0.3) is 0 Å². The number of benzene rings is 1. The summed E-state index contributed by atoms with van der Waals surface area (Å²) in [7, 11) is 3.06. The molecule has 0 spiro atoms. The molecule has 0 radical (unpaired) electrons. The van der Waals surface area contributed by atoms with E-state index in [9.17, 15) is 13.6 Å². The zero-order chi connectivity index (χ0) is 14.0. The molecule has 1 aromatic rings. The minimum absolute atomic E-state index is 0.0236. The summed E-state index contributed by atoms with van der Waals surface area (Å²) in [6.45, 7) is 0.673. The van der Waals surface area contributed by atoms with Crippen molar-refractivity contribution < 1.29 is 23.0 Å². The molecule has 19 heavy (non-hydrogen) atoms. The second-order valence-electron chi connectivity index (χ2n) is 4.40. The Morgan fingerprint density at radius 3 is 2.00 bits per heavy atom. The first-order valence-corrected chi connectivity index (χ1v) is 5.85. The van der Waals surface area contributed by atoms with Crippen LogP contribution in [0.1, 0.15) is 10.4 Å². The van der Waals surface area contributed by atoms with E-state index in [2.05, 4.69) is 0 Å². The highest BCUT2D eigenvalue weighted by Crippen LogP contribution is 2.29. The minimum atomic E-state index is -0.756. The van der Waals surface area contributed by atoms with E-state index in [1.54, 1.807) is 0 Å². The topological polar surface area (TPSA) is 38.8 Å². The van der Waals surface area contributed by atoms with E-state index in [0.29, 0.717) is 19.4 Å². The molecule has 1 fully saturated rings. The highest BCUT2D eigenvalue weighted by molar-refractivity contribution is 5.76. The van der Waals surface area contributed by atoms with E-state index >= 15 is 0 Å². The lowest BCUT2D eigenvalue weighted by atomic mass is 10.2. The number of hydrogen-bond donors (Lipinski definition) is 0. The molecule has 1 aliphatic rings. The number of methoxy groups -OCH3 is 2. The molecule has 2 atom stereocenters. The first-order valence-electron chi connectivity index (χ1n) is 5.85. The summed E-state index contributed by atoms with van der Waals surface area (Å²) in [5, 5.41) is 0. The smallest absolute Gasteiger partial charge is 0.150 e. The molecule has 0 bridgehead atoms. The van der Waals surface area contributed by atoms with Crippen LogP contribution in [0, 0.1) is 11.6 Å². The van der Waals surface area contributed by atoms with E-state index in [4.69, 9.17) is 9.47 Å². The molecule has 2 unspecified atom stereocenters. The predicted molar refractivity (Wildman–Crippen MR) is 65.6 cm³/mol. The average molecular weight is 271 g/mol. The zero-order valence-corrected chi connectivity index (χ0v) is 10.7. The molecule has 4 nitrogen and oxygen atoms in total. The largest absolute Gasteiger partial charge is 0.377 e.